The van der Waals surface area contributed by atoms with Gasteiger partial charge < -0.3 is 5.32 Å². The van der Waals surface area contributed by atoms with Gasteiger partial charge in [-0.2, -0.15) is 0 Å². The van der Waals surface area contributed by atoms with E-state index in [0.29, 0.717) is 6.04 Å². The van der Waals surface area contributed by atoms with E-state index in [1.165, 1.54) is 12.1 Å². The van der Waals surface area contributed by atoms with Crippen LogP contribution in [0.5, 0.6) is 0 Å². The van der Waals surface area contributed by atoms with Crippen LogP contribution in [0.2, 0.25) is 0 Å². The quantitative estimate of drug-likeness (QED) is 0.574. The third-order valence-corrected chi connectivity index (χ3v) is 2.30. The summed E-state index contributed by atoms with van der Waals surface area (Å²) >= 11 is 0. The fourth-order valence-electron chi connectivity index (χ4n) is 1.41. The first-order chi connectivity index (χ1) is 7.68. The minimum Gasteiger partial charge on any atom is -0.314 e. The van der Waals surface area contributed by atoms with Gasteiger partial charge in [0.2, 0.25) is 0 Å². The van der Waals surface area contributed by atoms with Crippen LogP contribution in [0.15, 0.2) is 36.4 Å². The molecule has 0 aliphatic rings. The lowest BCUT2D eigenvalue weighted by Crippen LogP contribution is -2.23. The van der Waals surface area contributed by atoms with Crippen LogP contribution < -0.4 is 5.32 Å². The summed E-state index contributed by atoms with van der Waals surface area (Å²) in [6.45, 7) is 5.29. The highest BCUT2D eigenvalue weighted by atomic mass is 19.1. The van der Waals surface area contributed by atoms with Crippen molar-refractivity contribution in [3.63, 3.8) is 0 Å². The zero-order chi connectivity index (χ0) is 11.8. The highest BCUT2D eigenvalue weighted by Crippen LogP contribution is 2.04. The molecule has 0 aliphatic heterocycles. The molecule has 1 aromatic rings. The van der Waals surface area contributed by atoms with Crippen molar-refractivity contribution in [3.05, 3.63) is 47.8 Å². The molecule has 88 valence electrons. The highest BCUT2D eigenvalue weighted by Gasteiger charge is 1.91. The summed E-state index contributed by atoms with van der Waals surface area (Å²) in [7, 11) is 0. The Hall–Kier alpha value is -1.15. The van der Waals surface area contributed by atoms with Crippen LogP contribution in [0.3, 0.4) is 0 Å². The fourth-order valence-corrected chi connectivity index (χ4v) is 1.41. The summed E-state index contributed by atoms with van der Waals surface area (Å²) < 4.78 is 12.6. The van der Waals surface area contributed by atoms with Gasteiger partial charge in [-0.25, -0.2) is 4.39 Å². The molecule has 0 aliphatic carbocycles. The number of hydrogen-bond donors (Lipinski definition) is 1. The van der Waals surface area contributed by atoms with Crippen molar-refractivity contribution in [2.24, 2.45) is 0 Å². The molecule has 0 spiro atoms. The summed E-state index contributed by atoms with van der Waals surface area (Å²) in [5.41, 5.74) is 1.15. The number of nitrogens with one attached hydrogen (secondary N) is 1. The van der Waals surface area contributed by atoms with Crippen molar-refractivity contribution in [2.75, 3.05) is 6.54 Å². The Morgan fingerprint density at radius 2 is 1.88 bits per heavy atom. The highest BCUT2D eigenvalue weighted by molar-refractivity contribution is 5.18. The molecule has 0 unspecified atom stereocenters. The summed E-state index contributed by atoms with van der Waals surface area (Å²) in [4.78, 5) is 0. The molecule has 0 bridgehead atoms. The van der Waals surface area contributed by atoms with E-state index < -0.39 is 0 Å². The molecule has 1 aromatic carbocycles. The van der Waals surface area contributed by atoms with E-state index in [2.05, 4.69) is 31.3 Å². The zero-order valence-corrected chi connectivity index (χ0v) is 10.0. The third kappa shape index (κ3) is 5.66. The standard InChI is InChI=1S/C14H20FN/c1-12(2)16-11-5-3-4-6-13-7-9-14(15)10-8-13/h3-4,7-10,12,16H,5-6,11H2,1-2H3. The van der Waals surface area contributed by atoms with Crippen molar-refractivity contribution in [1.82, 2.24) is 5.32 Å². The molecule has 1 N–H and O–H groups in total. The van der Waals surface area contributed by atoms with E-state index in [1.54, 1.807) is 0 Å². The van der Waals surface area contributed by atoms with E-state index in [4.69, 9.17) is 0 Å². The Morgan fingerprint density at radius 3 is 2.50 bits per heavy atom. The second kappa shape index (κ2) is 7.18. The van der Waals surface area contributed by atoms with E-state index in [9.17, 15) is 4.39 Å². The van der Waals surface area contributed by atoms with E-state index >= 15 is 0 Å². The average Bonchev–Trinajstić information content (AvgIpc) is 2.25. The van der Waals surface area contributed by atoms with Gasteiger partial charge in [0.1, 0.15) is 5.82 Å². The monoisotopic (exact) mass is 221 g/mol. The first-order valence-corrected chi connectivity index (χ1v) is 5.81. The number of rotatable bonds is 6. The predicted octanol–water partition coefficient (Wildman–Crippen LogP) is 3.31. The molecular weight excluding hydrogens is 201 g/mol. The molecule has 0 aromatic heterocycles. The van der Waals surface area contributed by atoms with Crippen LogP contribution in [0, 0.1) is 5.82 Å². The Balaban J connectivity index is 2.19. The normalized spacial score (nSPS) is 11.5. The lowest BCUT2D eigenvalue weighted by molar-refractivity contribution is 0.594. The molecule has 0 radical (unpaired) electrons. The molecule has 0 saturated heterocycles. The predicted molar refractivity (Wildman–Crippen MR) is 67.0 cm³/mol. The number of halogens is 1. The van der Waals surface area contributed by atoms with Gasteiger partial charge in [0, 0.05) is 6.04 Å². The van der Waals surface area contributed by atoms with Crippen molar-refractivity contribution in [1.29, 1.82) is 0 Å². The van der Waals surface area contributed by atoms with Crippen molar-refractivity contribution >= 4 is 0 Å². The van der Waals surface area contributed by atoms with Crippen LogP contribution in [-0.4, -0.2) is 12.6 Å². The fraction of sp³-hybridized carbons (Fsp3) is 0.429. The van der Waals surface area contributed by atoms with Gasteiger partial charge in [-0.15, -0.1) is 0 Å². The first-order valence-electron chi connectivity index (χ1n) is 5.81. The van der Waals surface area contributed by atoms with Gasteiger partial charge in [-0.05, 0) is 37.1 Å². The number of benzene rings is 1. The summed E-state index contributed by atoms with van der Waals surface area (Å²) in [5, 5.41) is 3.35. The third-order valence-electron chi connectivity index (χ3n) is 2.30. The molecule has 0 amide bonds. The first kappa shape index (κ1) is 12.9. The largest absolute Gasteiger partial charge is 0.314 e. The van der Waals surface area contributed by atoms with Gasteiger partial charge in [-0.3, -0.25) is 0 Å². The van der Waals surface area contributed by atoms with Crippen LogP contribution in [-0.2, 0) is 6.42 Å². The van der Waals surface area contributed by atoms with E-state index in [1.807, 2.05) is 12.1 Å². The van der Waals surface area contributed by atoms with Gasteiger partial charge >= 0.3 is 0 Å². The molecule has 0 heterocycles. The second-order valence-electron chi connectivity index (χ2n) is 4.20. The minimum absolute atomic E-state index is 0.172. The lowest BCUT2D eigenvalue weighted by atomic mass is 10.1. The van der Waals surface area contributed by atoms with Crippen molar-refractivity contribution in [3.8, 4) is 0 Å². The van der Waals surface area contributed by atoms with Gasteiger partial charge in [0.25, 0.3) is 0 Å². The maximum atomic E-state index is 12.6. The van der Waals surface area contributed by atoms with Crippen LogP contribution in [0.4, 0.5) is 4.39 Å². The SMILES string of the molecule is CC(C)NCCC=CCc1ccc(F)cc1. The lowest BCUT2D eigenvalue weighted by Gasteiger charge is -2.04. The Labute approximate surface area is 97.4 Å². The van der Waals surface area contributed by atoms with Crippen LogP contribution in [0.1, 0.15) is 25.8 Å². The zero-order valence-electron chi connectivity index (χ0n) is 10.0. The smallest absolute Gasteiger partial charge is 0.123 e. The van der Waals surface area contributed by atoms with Crippen LogP contribution >= 0.6 is 0 Å². The van der Waals surface area contributed by atoms with Gasteiger partial charge in [-0.1, -0.05) is 38.1 Å². The topological polar surface area (TPSA) is 12.0 Å². The Morgan fingerprint density at radius 1 is 1.19 bits per heavy atom. The molecule has 0 atom stereocenters. The van der Waals surface area contributed by atoms with Crippen molar-refractivity contribution in [2.45, 2.75) is 32.7 Å². The second-order valence-corrected chi connectivity index (χ2v) is 4.20. The van der Waals surface area contributed by atoms with Crippen LogP contribution in [0.25, 0.3) is 0 Å². The maximum absolute atomic E-state index is 12.6. The Kier molecular flexibility index (Phi) is 5.79. The van der Waals surface area contributed by atoms with Gasteiger partial charge in [0.05, 0.1) is 0 Å². The minimum atomic E-state index is -0.172. The van der Waals surface area contributed by atoms with E-state index in [-0.39, 0.29) is 5.82 Å². The van der Waals surface area contributed by atoms with Gasteiger partial charge in [0.15, 0.2) is 0 Å². The summed E-state index contributed by atoms with van der Waals surface area (Å²) in [5.74, 6) is -0.172. The Bertz CT molecular complexity index is 314. The average molecular weight is 221 g/mol. The van der Waals surface area contributed by atoms with E-state index in [0.717, 1.165) is 24.9 Å². The molecule has 1 nitrogen and oxygen atoms in total. The number of allylic oxidation sites excluding steroid dienone is 1. The molecule has 0 saturated carbocycles. The molecule has 0 fully saturated rings. The summed E-state index contributed by atoms with van der Waals surface area (Å²) in [6, 6.07) is 7.20. The molecule has 1 rings (SSSR count). The summed E-state index contributed by atoms with van der Waals surface area (Å²) in [6.07, 6.45) is 6.22. The maximum Gasteiger partial charge on any atom is 0.123 e. The molecular formula is C14H20FN. The molecule has 16 heavy (non-hydrogen) atoms. The number of hydrogen-bond acceptors (Lipinski definition) is 1. The molecule has 2 heteroatoms. The van der Waals surface area contributed by atoms with Crippen molar-refractivity contribution < 1.29 is 4.39 Å².